The number of aromatic nitrogens is 1. The van der Waals surface area contributed by atoms with Crippen molar-refractivity contribution in [3.63, 3.8) is 0 Å². The Bertz CT molecular complexity index is 708. The molecule has 2 amide bonds. The van der Waals surface area contributed by atoms with E-state index in [2.05, 4.69) is 10.5 Å². The van der Waals surface area contributed by atoms with Crippen molar-refractivity contribution in [2.24, 2.45) is 0 Å². The van der Waals surface area contributed by atoms with Gasteiger partial charge in [0.1, 0.15) is 5.76 Å². The molecule has 0 bridgehead atoms. The third-order valence-corrected chi connectivity index (χ3v) is 3.49. The summed E-state index contributed by atoms with van der Waals surface area (Å²) < 4.78 is 4.86. The molecule has 1 aromatic carbocycles. The van der Waals surface area contributed by atoms with E-state index in [1.807, 2.05) is 31.2 Å². The molecule has 0 spiro atoms. The van der Waals surface area contributed by atoms with Crippen LogP contribution in [0.4, 0.5) is 11.5 Å². The molecular formula is C15H15N3O3. The fraction of sp³-hybridized carbons (Fsp3) is 0.267. The van der Waals surface area contributed by atoms with Crippen LogP contribution in [0.1, 0.15) is 18.2 Å². The number of nitrogens with zero attached hydrogens (tertiary/aromatic N) is 2. The van der Waals surface area contributed by atoms with Gasteiger partial charge in [0.2, 0.25) is 0 Å². The largest absolute Gasteiger partial charge is 0.360 e. The molecular weight excluding hydrogens is 270 g/mol. The molecule has 21 heavy (non-hydrogen) atoms. The smallest absolute Gasteiger partial charge is 0.316 e. The van der Waals surface area contributed by atoms with Gasteiger partial charge in [-0.1, -0.05) is 23.4 Å². The SMILES string of the molecule is Cc1cc(NC(=O)C(=O)N2c3ccccc3C[C@H]2C)no1. The lowest BCUT2D eigenvalue weighted by atomic mass is 10.1. The number of anilines is 2. The topological polar surface area (TPSA) is 75.4 Å². The van der Waals surface area contributed by atoms with Crippen LogP contribution in [0.5, 0.6) is 0 Å². The predicted octanol–water partition coefficient (Wildman–Crippen LogP) is 1.90. The fourth-order valence-electron chi connectivity index (χ4n) is 2.58. The summed E-state index contributed by atoms with van der Waals surface area (Å²) >= 11 is 0. The maximum atomic E-state index is 12.4. The Kier molecular flexibility index (Phi) is 3.21. The normalized spacial score (nSPS) is 16.7. The number of carbonyl (C=O) groups is 2. The van der Waals surface area contributed by atoms with E-state index in [9.17, 15) is 9.59 Å². The maximum Gasteiger partial charge on any atom is 0.316 e. The monoisotopic (exact) mass is 285 g/mol. The van der Waals surface area contributed by atoms with Gasteiger partial charge in [0.25, 0.3) is 0 Å². The summed E-state index contributed by atoms with van der Waals surface area (Å²) in [7, 11) is 0. The van der Waals surface area contributed by atoms with Crippen LogP contribution >= 0.6 is 0 Å². The van der Waals surface area contributed by atoms with Gasteiger partial charge in [-0.15, -0.1) is 0 Å². The Labute approximate surface area is 121 Å². The minimum Gasteiger partial charge on any atom is -0.360 e. The summed E-state index contributed by atoms with van der Waals surface area (Å²) in [5, 5.41) is 6.11. The van der Waals surface area contributed by atoms with Gasteiger partial charge in [0.05, 0.1) is 0 Å². The van der Waals surface area contributed by atoms with Gasteiger partial charge in [-0.05, 0) is 31.9 Å². The highest BCUT2D eigenvalue weighted by Gasteiger charge is 2.34. The zero-order chi connectivity index (χ0) is 15.0. The van der Waals surface area contributed by atoms with E-state index in [-0.39, 0.29) is 11.9 Å². The van der Waals surface area contributed by atoms with E-state index in [1.165, 1.54) is 4.90 Å². The van der Waals surface area contributed by atoms with Crippen LogP contribution < -0.4 is 10.2 Å². The van der Waals surface area contributed by atoms with Gasteiger partial charge < -0.3 is 9.42 Å². The van der Waals surface area contributed by atoms with Crippen LogP contribution in [-0.2, 0) is 16.0 Å². The van der Waals surface area contributed by atoms with Crippen LogP contribution in [0, 0.1) is 6.92 Å². The Morgan fingerprint density at radius 3 is 2.86 bits per heavy atom. The zero-order valence-corrected chi connectivity index (χ0v) is 11.8. The second-order valence-corrected chi connectivity index (χ2v) is 5.13. The second kappa shape index (κ2) is 5.05. The molecule has 1 atom stereocenters. The van der Waals surface area contributed by atoms with Gasteiger partial charge in [0, 0.05) is 17.8 Å². The van der Waals surface area contributed by atoms with Gasteiger partial charge >= 0.3 is 11.8 Å². The molecule has 0 aliphatic carbocycles. The molecule has 1 aliphatic rings. The maximum absolute atomic E-state index is 12.4. The van der Waals surface area contributed by atoms with Gasteiger partial charge in [0.15, 0.2) is 5.82 Å². The van der Waals surface area contributed by atoms with E-state index in [4.69, 9.17) is 4.52 Å². The first-order valence-corrected chi connectivity index (χ1v) is 6.72. The van der Waals surface area contributed by atoms with Crippen LogP contribution in [0.3, 0.4) is 0 Å². The number of fused-ring (bicyclic) bond motifs is 1. The summed E-state index contributed by atoms with van der Waals surface area (Å²) in [5.74, 6) is -0.497. The summed E-state index contributed by atoms with van der Waals surface area (Å²) in [6, 6.07) is 9.13. The first-order chi connectivity index (χ1) is 10.1. The third-order valence-electron chi connectivity index (χ3n) is 3.49. The van der Waals surface area contributed by atoms with E-state index in [0.717, 1.165) is 17.7 Å². The van der Waals surface area contributed by atoms with Crippen molar-refractivity contribution in [2.45, 2.75) is 26.3 Å². The Morgan fingerprint density at radius 2 is 2.14 bits per heavy atom. The number of aryl methyl sites for hydroxylation is 1. The third kappa shape index (κ3) is 2.40. The molecule has 6 heteroatoms. The first kappa shape index (κ1) is 13.4. The Morgan fingerprint density at radius 1 is 1.38 bits per heavy atom. The predicted molar refractivity (Wildman–Crippen MR) is 77.0 cm³/mol. The van der Waals surface area contributed by atoms with Crippen LogP contribution in [0.25, 0.3) is 0 Å². The highest BCUT2D eigenvalue weighted by atomic mass is 16.5. The number of rotatable bonds is 1. The molecule has 1 aromatic heterocycles. The summed E-state index contributed by atoms with van der Waals surface area (Å²) in [5.41, 5.74) is 1.87. The highest BCUT2D eigenvalue weighted by Crippen LogP contribution is 2.31. The van der Waals surface area contributed by atoms with E-state index < -0.39 is 11.8 Å². The van der Waals surface area contributed by atoms with Crippen molar-refractivity contribution in [1.29, 1.82) is 0 Å². The van der Waals surface area contributed by atoms with Crippen molar-refractivity contribution in [3.8, 4) is 0 Å². The minimum atomic E-state index is -0.716. The summed E-state index contributed by atoms with van der Waals surface area (Å²) in [6.45, 7) is 3.63. The van der Waals surface area contributed by atoms with Gasteiger partial charge in [-0.25, -0.2) is 0 Å². The molecule has 0 saturated carbocycles. The van der Waals surface area contributed by atoms with Crippen LogP contribution in [0.15, 0.2) is 34.9 Å². The second-order valence-electron chi connectivity index (χ2n) is 5.13. The number of amides is 2. The van der Waals surface area contributed by atoms with Crippen molar-refractivity contribution < 1.29 is 14.1 Å². The number of hydrogen-bond acceptors (Lipinski definition) is 4. The van der Waals surface area contributed by atoms with Gasteiger partial charge in [-0.3, -0.25) is 14.9 Å². The van der Waals surface area contributed by atoms with Crippen molar-refractivity contribution in [2.75, 3.05) is 10.2 Å². The van der Waals surface area contributed by atoms with Crippen molar-refractivity contribution in [1.82, 2.24) is 5.16 Å². The lowest BCUT2D eigenvalue weighted by Gasteiger charge is -2.21. The average molecular weight is 285 g/mol. The molecule has 0 fully saturated rings. The van der Waals surface area contributed by atoms with Crippen LogP contribution in [0.2, 0.25) is 0 Å². The van der Waals surface area contributed by atoms with E-state index >= 15 is 0 Å². The summed E-state index contributed by atoms with van der Waals surface area (Å²) in [4.78, 5) is 26.0. The molecule has 108 valence electrons. The van der Waals surface area contributed by atoms with E-state index in [1.54, 1.807) is 13.0 Å². The zero-order valence-electron chi connectivity index (χ0n) is 11.8. The van der Waals surface area contributed by atoms with Crippen LogP contribution in [-0.4, -0.2) is 23.0 Å². The highest BCUT2D eigenvalue weighted by molar-refractivity contribution is 6.44. The molecule has 0 saturated heterocycles. The molecule has 3 rings (SSSR count). The number of hydrogen-bond donors (Lipinski definition) is 1. The average Bonchev–Trinajstić information content (AvgIpc) is 3.00. The molecule has 1 aliphatic heterocycles. The fourth-order valence-corrected chi connectivity index (χ4v) is 2.58. The molecule has 6 nitrogen and oxygen atoms in total. The first-order valence-electron chi connectivity index (χ1n) is 6.72. The molecule has 0 radical (unpaired) electrons. The lowest BCUT2D eigenvalue weighted by molar-refractivity contribution is -0.134. The lowest BCUT2D eigenvalue weighted by Crippen LogP contribution is -2.43. The summed E-state index contributed by atoms with van der Waals surface area (Å²) in [6.07, 6.45) is 0.748. The van der Waals surface area contributed by atoms with E-state index in [0.29, 0.717) is 5.76 Å². The number of benzene rings is 1. The Hall–Kier alpha value is -2.63. The number of carbonyl (C=O) groups excluding carboxylic acids is 2. The quantitative estimate of drug-likeness (QED) is 0.812. The van der Waals surface area contributed by atoms with Crippen molar-refractivity contribution in [3.05, 3.63) is 41.7 Å². The number of para-hydroxylation sites is 1. The molecule has 1 N–H and O–H groups in total. The standard InChI is InChI=1S/C15H15N3O3/c1-9-7-11-5-3-4-6-12(11)18(9)15(20)14(19)16-13-8-10(2)21-17-13/h3-6,8-9H,7H2,1-2H3,(H,16,17,19)/t9-/m1/s1. The van der Waals surface area contributed by atoms with Gasteiger partial charge in [-0.2, -0.15) is 0 Å². The molecule has 2 heterocycles. The Balaban J connectivity index is 1.80. The number of nitrogens with one attached hydrogen (secondary N) is 1. The molecule has 2 aromatic rings. The minimum absolute atomic E-state index is 0.0419. The van der Waals surface area contributed by atoms with Crippen molar-refractivity contribution >= 4 is 23.3 Å². The molecule has 0 unspecified atom stereocenters.